The summed E-state index contributed by atoms with van der Waals surface area (Å²) in [6, 6.07) is 14.1. The van der Waals surface area contributed by atoms with E-state index in [4.69, 9.17) is 4.42 Å². The summed E-state index contributed by atoms with van der Waals surface area (Å²) in [5.74, 6) is -0.948. The molecule has 2 amide bonds. The second-order valence-corrected chi connectivity index (χ2v) is 7.18. The van der Waals surface area contributed by atoms with Crippen LogP contribution in [0.4, 0.5) is 10.5 Å². The maximum atomic E-state index is 12.3. The lowest BCUT2D eigenvalue weighted by Gasteiger charge is -2.17. The number of hydrogen-bond donors (Lipinski definition) is 3. The number of nitrogens with one attached hydrogen (secondary N) is 2. The minimum atomic E-state index is -1.08. The molecule has 0 aliphatic rings. The maximum absolute atomic E-state index is 12.3. The van der Waals surface area contributed by atoms with E-state index in [0.29, 0.717) is 28.8 Å². The Bertz CT molecular complexity index is 1090. The van der Waals surface area contributed by atoms with Crippen LogP contribution in [0, 0.1) is 5.92 Å². The molecule has 3 aromatic rings. The van der Waals surface area contributed by atoms with E-state index >= 15 is 0 Å². The molecule has 1 unspecified atom stereocenters. The molecular weight excluding hydrogens is 372 g/mol. The minimum absolute atomic E-state index is 0.129. The molecule has 29 heavy (non-hydrogen) atoms. The average molecular weight is 394 g/mol. The number of hydrogen-bond acceptors (Lipinski definition) is 4. The maximum Gasteiger partial charge on any atom is 0.344 e. The van der Waals surface area contributed by atoms with Crippen molar-refractivity contribution < 1.29 is 19.1 Å². The number of carbonyl (C=O) groups is 2. The van der Waals surface area contributed by atoms with Crippen molar-refractivity contribution in [3.63, 3.8) is 0 Å². The number of para-hydroxylation sites is 1. The predicted octanol–water partition coefficient (Wildman–Crippen LogP) is 4.08. The number of benzene rings is 2. The number of aliphatic carboxylic acids is 1. The van der Waals surface area contributed by atoms with Gasteiger partial charge in [0.1, 0.15) is 11.6 Å². The Kier molecular flexibility index (Phi) is 5.97. The third kappa shape index (κ3) is 5.01. The summed E-state index contributed by atoms with van der Waals surface area (Å²) < 4.78 is 5.35. The van der Waals surface area contributed by atoms with Gasteiger partial charge in [-0.15, -0.1) is 0 Å². The van der Waals surface area contributed by atoms with Crippen LogP contribution in [0.15, 0.2) is 63.8 Å². The lowest BCUT2D eigenvalue weighted by molar-refractivity contribution is -0.139. The van der Waals surface area contributed by atoms with E-state index in [0.717, 1.165) is 5.39 Å². The van der Waals surface area contributed by atoms with Crippen LogP contribution in [0.1, 0.15) is 20.3 Å². The van der Waals surface area contributed by atoms with Crippen molar-refractivity contribution >= 4 is 28.7 Å². The summed E-state index contributed by atoms with van der Waals surface area (Å²) in [6.07, 6.45) is 0.333. The zero-order chi connectivity index (χ0) is 21.0. The van der Waals surface area contributed by atoms with E-state index in [1.54, 1.807) is 42.5 Å². The van der Waals surface area contributed by atoms with Gasteiger partial charge in [-0.3, -0.25) is 0 Å². The highest BCUT2D eigenvalue weighted by molar-refractivity contribution is 5.92. The molecule has 150 valence electrons. The van der Waals surface area contributed by atoms with Crippen molar-refractivity contribution in [3.05, 3.63) is 65.0 Å². The Morgan fingerprint density at radius 1 is 1.07 bits per heavy atom. The van der Waals surface area contributed by atoms with Crippen molar-refractivity contribution in [3.8, 4) is 11.1 Å². The lowest BCUT2D eigenvalue weighted by Crippen LogP contribution is -2.43. The van der Waals surface area contributed by atoms with E-state index < -0.39 is 23.7 Å². The number of fused-ring (bicyclic) bond motifs is 1. The van der Waals surface area contributed by atoms with Gasteiger partial charge in [-0.25, -0.2) is 14.4 Å². The Labute approximate surface area is 167 Å². The van der Waals surface area contributed by atoms with Crippen molar-refractivity contribution in [2.24, 2.45) is 5.92 Å². The second-order valence-electron chi connectivity index (χ2n) is 7.18. The zero-order valence-electron chi connectivity index (χ0n) is 16.1. The summed E-state index contributed by atoms with van der Waals surface area (Å²) in [5.41, 5.74) is 1.62. The van der Waals surface area contributed by atoms with E-state index in [9.17, 15) is 19.5 Å². The molecule has 0 aliphatic carbocycles. The number of amides is 2. The van der Waals surface area contributed by atoms with E-state index in [2.05, 4.69) is 10.6 Å². The van der Waals surface area contributed by atoms with Gasteiger partial charge in [0.05, 0.1) is 5.56 Å². The summed E-state index contributed by atoms with van der Waals surface area (Å²) in [4.78, 5) is 35.6. The summed E-state index contributed by atoms with van der Waals surface area (Å²) >= 11 is 0. The lowest BCUT2D eigenvalue weighted by atomic mass is 10.0. The smallest absolute Gasteiger partial charge is 0.344 e. The van der Waals surface area contributed by atoms with E-state index in [1.807, 2.05) is 26.0 Å². The van der Waals surface area contributed by atoms with Crippen LogP contribution in [-0.2, 0) is 4.79 Å². The molecule has 0 radical (unpaired) electrons. The first-order chi connectivity index (χ1) is 13.8. The highest BCUT2D eigenvalue weighted by Gasteiger charge is 2.21. The number of anilines is 1. The molecule has 7 heteroatoms. The Hall–Kier alpha value is -3.61. The number of urea groups is 1. The first-order valence-electron chi connectivity index (χ1n) is 9.27. The first-order valence-corrected chi connectivity index (χ1v) is 9.27. The SMILES string of the molecule is CC(C)CC(NC(=O)Nc1ccc(-c2cc3ccccc3oc2=O)cc1)C(=O)O. The fourth-order valence-electron chi connectivity index (χ4n) is 3.01. The van der Waals surface area contributed by atoms with Crippen LogP contribution in [0.5, 0.6) is 0 Å². The quantitative estimate of drug-likeness (QED) is 0.546. The van der Waals surface area contributed by atoms with Gasteiger partial charge in [0, 0.05) is 11.1 Å². The molecule has 0 spiro atoms. The number of carboxylic acids is 1. The van der Waals surface area contributed by atoms with Gasteiger partial charge in [0.25, 0.3) is 0 Å². The van der Waals surface area contributed by atoms with Gasteiger partial charge in [-0.2, -0.15) is 0 Å². The highest BCUT2D eigenvalue weighted by atomic mass is 16.4. The molecule has 1 aromatic heterocycles. The normalized spacial score (nSPS) is 12.0. The van der Waals surface area contributed by atoms with Crippen molar-refractivity contribution in [1.29, 1.82) is 0 Å². The molecular formula is C22H22N2O5. The first kappa shape index (κ1) is 20.1. The van der Waals surface area contributed by atoms with Crippen LogP contribution < -0.4 is 16.3 Å². The molecule has 0 fully saturated rings. The van der Waals surface area contributed by atoms with Gasteiger partial charge in [-0.05, 0) is 42.2 Å². The zero-order valence-corrected chi connectivity index (χ0v) is 16.1. The van der Waals surface area contributed by atoms with Crippen LogP contribution in [-0.4, -0.2) is 23.1 Å². The van der Waals surface area contributed by atoms with Crippen molar-refractivity contribution in [2.75, 3.05) is 5.32 Å². The van der Waals surface area contributed by atoms with Gasteiger partial charge in [0.15, 0.2) is 0 Å². The fourth-order valence-corrected chi connectivity index (χ4v) is 3.01. The molecule has 0 saturated heterocycles. The molecule has 0 aliphatic heterocycles. The molecule has 3 N–H and O–H groups in total. The monoisotopic (exact) mass is 394 g/mol. The van der Waals surface area contributed by atoms with Crippen molar-refractivity contribution in [1.82, 2.24) is 5.32 Å². The Morgan fingerprint density at radius 2 is 1.76 bits per heavy atom. The molecule has 0 bridgehead atoms. The van der Waals surface area contributed by atoms with E-state index in [-0.39, 0.29) is 5.92 Å². The number of rotatable bonds is 6. The Balaban J connectivity index is 1.73. The Morgan fingerprint density at radius 3 is 2.41 bits per heavy atom. The van der Waals surface area contributed by atoms with Gasteiger partial charge in [-0.1, -0.05) is 44.2 Å². The average Bonchev–Trinajstić information content (AvgIpc) is 2.67. The predicted molar refractivity (Wildman–Crippen MR) is 111 cm³/mol. The number of carboxylic acid groups (broad SMARTS) is 1. The second kappa shape index (κ2) is 8.60. The standard InChI is InChI=1S/C22H22N2O5/c1-13(2)11-18(20(25)26)24-22(28)23-16-9-7-14(8-10-16)17-12-15-5-3-4-6-19(15)29-21(17)27/h3-10,12-13,18H,11H2,1-2H3,(H,25,26)(H2,23,24,28). The summed E-state index contributed by atoms with van der Waals surface area (Å²) in [6.45, 7) is 3.77. The largest absolute Gasteiger partial charge is 0.480 e. The minimum Gasteiger partial charge on any atom is -0.480 e. The summed E-state index contributed by atoms with van der Waals surface area (Å²) in [7, 11) is 0. The molecule has 1 heterocycles. The molecule has 3 rings (SSSR count). The van der Waals surface area contributed by atoms with Crippen LogP contribution >= 0.6 is 0 Å². The van der Waals surface area contributed by atoms with Gasteiger partial charge >= 0.3 is 17.6 Å². The van der Waals surface area contributed by atoms with Crippen LogP contribution in [0.3, 0.4) is 0 Å². The van der Waals surface area contributed by atoms with Gasteiger partial charge < -0.3 is 20.2 Å². The third-order valence-corrected chi connectivity index (χ3v) is 4.41. The number of carbonyl (C=O) groups excluding carboxylic acids is 1. The topological polar surface area (TPSA) is 109 Å². The van der Waals surface area contributed by atoms with E-state index in [1.165, 1.54) is 0 Å². The fraction of sp³-hybridized carbons (Fsp3) is 0.227. The summed E-state index contributed by atoms with van der Waals surface area (Å²) in [5, 5.41) is 15.1. The molecule has 2 aromatic carbocycles. The van der Waals surface area contributed by atoms with Crippen LogP contribution in [0.25, 0.3) is 22.1 Å². The molecule has 7 nitrogen and oxygen atoms in total. The third-order valence-electron chi connectivity index (χ3n) is 4.41. The van der Waals surface area contributed by atoms with Crippen molar-refractivity contribution in [2.45, 2.75) is 26.3 Å². The van der Waals surface area contributed by atoms with Crippen LogP contribution in [0.2, 0.25) is 0 Å². The molecule has 0 saturated carbocycles. The van der Waals surface area contributed by atoms with Gasteiger partial charge in [0.2, 0.25) is 0 Å². The molecule has 1 atom stereocenters. The highest BCUT2D eigenvalue weighted by Crippen LogP contribution is 2.22.